The van der Waals surface area contributed by atoms with Crippen LogP contribution in [0.15, 0.2) is 54.6 Å². The van der Waals surface area contributed by atoms with E-state index >= 15 is 0 Å². The second kappa shape index (κ2) is 9.36. The number of carbonyl (C=O) groups is 1. The van der Waals surface area contributed by atoms with Gasteiger partial charge in [0, 0.05) is 53.1 Å². The summed E-state index contributed by atoms with van der Waals surface area (Å²) in [6, 6.07) is 17.9. The van der Waals surface area contributed by atoms with Crippen LogP contribution in [-0.4, -0.2) is 54.0 Å². The molecule has 1 unspecified atom stereocenters. The Morgan fingerprint density at radius 2 is 1.59 bits per heavy atom. The van der Waals surface area contributed by atoms with Gasteiger partial charge in [0.1, 0.15) is 0 Å². The van der Waals surface area contributed by atoms with Crippen LogP contribution < -0.4 is 15.5 Å². The normalized spacial score (nSPS) is 15.8. The largest absolute Gasteiger partial charge is 0.370 e. The standard InChI is InChI=1S/C25H30N6O/c1-17-15-18(2)27-25(26-17)29-21-7-5-19(6-8-21)24(32)28-20-9-11-22(12-10-20)31-14-13-23(16-31)30(3)4/h5-12,15,23H,13-14,16H2,1-4H3,(H,28,32)(H,26,27,29). The van der Waals surface area contributed by atoms with Crippen LogP contribution in [0, 0.1) is 13.8 Å². The van der Waals surface area contributed by atoms with Crippen molar-refractivity contribution in [2.75, 3.05) is 42.7 Å². The maximum absolute atomic E-state index is 12.7. The Labute approximate surface area is 189 Å². The number of carbonyl (C=O) groups excluding carboxylic acids is 1. The number of aromatic nitrogens is 2. The molecule has 2 N–H and O–H groups in total. The van der Waals surface area contributed by atoms with Crippen molar-refractivity contribution in [3.05, 3.63) is 71.5 Å². The minimum Gasteiger partial charge on any atom is -0.370 e. The number of aryl methyl sites for hydroxylation is 2. The van der Waals surface area contributed by atoms with E-state index in [0.717, 1.165) is 35.9 Å². The maximum Gasteiger partial charge on any atom is 0.255 e. The lowest BCUT2D eigenvalue weighted by molar-refractivity contribution is 0.102. The number of nitrogens with zero attached hydrogens (tertiary/aromatic N) is 4. The molecule has 1 aliphatic rings. The Balaban J connectivity index is 1.35. The smallest absolute Gasteiger partial charge is 0.255 e. The number of nitrogens with one attached hydrogen (secondary N) is 2. The quantitative estimate of drug-likeness (QED) is 0.610. The van der Waals surface area contributed by atoms with Crippen molar-refractivity contribution in [2.45, 2.75) is 26.3 Å². The van der Waals surface area contributed by atoms with Crippen LogP contribution in [0.1, 0.15) is 28.2 Å². The summed E-state index contributed by atoms with van der Waals surface area (Å²) in [6.45, 7) is 5.96. The van der Waals surface area contributed by atoms with E-state index in [0.29, 0.717) is 17.6 Å². The average Bonchev–Trinajstić information content (AvgIpc) is 3.25. The monoisotopic (exact) mass is 430 g/mol. The zero-order valence-electron chi connectivity index (χ0n) is 19.1. The molecule has 1 amide bonds. The second-order valence-corrected chi connectivity index (χ2v) is 8.53. The molecule has 2 heterocycles. The van der Waals surface area contributed by atoms with Gasteiger partial charge in [0.2, 0.25) is 5.95 Å². The van der Waals surface area contributed by atoms with Gasteiger partial charge >= 0.3 is 0 Å². The van der Waals surface area contributed by atoms with Gasteiger partial charge in [0.25, 0.3) is 5.91 Å². The molecule has 1 fully saturated rings. The fourth-order valence-electron chi connectivity index (χ4n) is 3.97. The van der Waals surface area contributed by atoms with Crippen molar-refractivity contribution in [1.29, 1.82) is 0 Å². The second-order valence-electron chi connectivity index (χ2n) is 8.53. The minimum atomic E-state index is -0.138. The molecule has 3 aromatic rings. The summed E-state index contributed by atoms with van der Waals surface area (Å²) in [6.07, 6.45) is 1.17. The van der Waals surface area contributed by atoms with Crippen molar-refractivity contribution < 1.29 is 4.79 Å². The van der Waals surface area contributed by atoms with E-state index < -0.39 is 0 Å². The van der Waals surface area contributed by atoms with Crippen molar-refractivity contribution in [2.24, 2.45) is 0 Å². The third-order valence-electron chi connectivity index (χ3n) is 5.77. The Morgan fingerprint density at radius 3 is 2.19 bits per heavy atom. The van der Waals surface area contributed by atoms with Crippen molar-refractivity contribution in [3.63, 3.8) is 0 Å². The maximum atomic E-state index is 12.7. The highest BCUT2D eigenvalue weighted by Gasteiger charge is 2.24. The summed E-state index contributed by atoms with van der Waals surface area (Å²) in [7, 11) is 4.26. The van der Waals surface area contributed by atoms with E-state index in [1.807, 2.05) is 44.2 Å². The van der Waals surface area contributed by atoms with Gasteiger partial charge in [-0.25, -0.2) is 9.97 Å². The average molecular weight is 431 g/mol. The van der Waals surface area contributed by atoms with Crippen LogP contribution in [0.2, 0.25) is 0 Å². The summed E-state index contributed by atoms with van der Waals surface area (Å²) in [5, 5.41) is 6.16. The van der Waals surface area contributed by atoms with Crippen molar-refractivity contribution >= 4 is 28.9 Å². The number of hydrogen-bond donors (Lipinski definition) is 2. The summed E-state index contributed by atoms with van der Waals surface area (Å²) >= 11 is 0. The van der Waals surface area contributed by atoms with Gasteiger partial charge in [0.15, 0.2) is 0 Å². The fraction of sp³-hybridized carbons (Fsp3) is 0.320. The van der Waals surface area contributed by atoms with E-state index in [1.165, 1.54) is 12.1 Å². The summed E-state index contributed by atoms with van der Waals surface area (Å²) < 4.78 is 0. The van der Waals surface area contributed by atoms with Crippen molar-refractivity contribution in [3.8, 4) is 0 Å². The predicted octanol–water partition coefficient (Wildman–Crippen LogP) is 4.23. The molecule has 7 nitrogen and oxygen atoms in total. The zero-order chi connectivity index (χ0) is 22.7. The van der Waals surface area contributed by atoms with E-state index in [-0.39, 0.29) is 5.91 Å². The van der Waals surface area contributed by atoms with Crippen LogP contribution in [0.5, 0.6) is 0 Å². The molecular formula is C25H30N6O. The molecule has 166 valence electrons. The van der Waals surface area contributed by atoms with Crippen LogP contribution in [0.3, 0.4) is 0 Å². The Hall–Kier alpha value is -3.45. The Kier molecular flexibility index (Phi) is 6.37. The number of likely N-dealkylation sites (N-methyl/N-ethyl adjacent to an activating group) is 1. The molecular weight excluding hydrogens is 400 g/mol. The molecule has 1 aliphatic heterocycles. The fourth-order valence-corrected chi connectivity index (χ4v) is 3.97. The first-order chi connectivity index (χ1) is 15.4. The van der Waals surface area contributed by atoms with Gasteiger partial charge in [-0.1, -0.05) is 0 Å². The molecule has 1 saturated heterocycles. The molecule has 4 rings (SSSR count). The molecule has 0 bridgehead atoms. The zero-order valence-corrected chi connectivity index (χ0v) is 19.1. The lowest BCUT2D eigenvalue weighted by Gasteiger charge is -2.22. The van der Waals surface area contributed by atoms with Crippen molar-refractivity contribution in [1.82, 2.24) is 14.9 Å². The molecule has 1 aromatic heterocycles. The first-order valence-electron chi connectivity index (χ1n) is 10.9. The first-order valence-corrected chi connectivity index (χ1v) is 10.9. The van der Waals surface area contributed by atoms with Crippen LogP contribution in [0.25, 0.3) is 0 Å². The summed E-state index contributed by atoms with van der Waals surface area (Å²) in [5.41, 5.74) is 5.21. The van der Waals surface area contributed by atoms with Crippen LogP contribution in [0.4, 0.5) is 23.0 Å². The molecule has 1 atom stereocenters. The number of rotatable bonds is 6. The lowest BCUT2D eigenvalue weighted by atomic mass is 10.2. The van der Waals surface area contributed by atoms with E-state index in [9.17, 15) is 4.79 Å². The van der Waals surface area contributed by atoms with Crippen LogP contribution >= 0.6 is 0 Å². The van der Waals surface area contributed by atoms with Gasteiger partial charge in [-0.05, 0) is 89.0 Å². The molecule has 0 saturated carbocycles. The third kappa shape index (κ3) is 5.23. The van der Waals surface area contributed by atoms with E-state index in [2.05, 4.69) is 56.6 Å². The van der Waals surface area contributed by atoms with Gasteiger partial charge in [-0.15, -0.1) is 0 Å². The molecule has 7 heteroatoms. The molecule has 32 heavy (non-hydrogen) atoms. The van der Waals surface area contributed by atoms with Gasteiger partial charge in [-0.2, -0.15) is 0 Å². The number of hydrogen-bond acceptors (Lipinski definition) is 6. The minimum absolute atomic E-state index is 0.138. The highest BCUT2D eigenvalue weighted by Crippen LogP contribution is 2.24. The first kappa shape index (κ1) is 21.8. The molecule has 0 aliphatic carbocycles. The van der Waals surface area contributed by atoms with Gasteiger partial charge in [-0.3, -0.25) is 4.79 Å². The molecule has 2 aromatic carbocycles. The van der Waals surface area contributed by atoms with Crippen LogP contribution in [-0.2, 0) is 0 Å². The van der Waals surface area contributed by atoms with E-state index in [1.54, 1.807) is 12.1 Å². The summed E-state index contributed by atoms with van der Waals surface area (Å²) in [4.78, 5) is 26.1. The molecule has 0 spiro atoms. The number of benzene rings is 2. The SMILES string of the molecule is Cc1cc(C)nc(Nc2ccc(C(=O)Nc3ccc(N4CCC(N(C)C)C4)cc3)cc2)n1. The Morgan fingerprint density at radius 1 is 0.969 bits per heavy atom. The van der Waals surface area contributed by atoms with E-state index in [4.69, 9.17) is 0 Å². The Bertz CT molecular complexity index is 1060. The predicted molar refractivity (Wildman–Crippen MR) is 130 cm³/mol. The summed E-state index contributed by atoms with van der Waals surface area (Å²) in [5.74, 6) is 0.412. The lowest BCUT2D eigenvalue weighted by Crippen LogP contribution is -2.31. The molecule has 0 radical (unpaired) electrons. The van der Waals surface area contributed by atoms with Gasteiger partial charge in [0.05, 0.1) is 0 Å². The van der Waals surface area contributed by atoms with Gasteiger partial charge < -0.3 is 20.4 Å². The third-order valence-corrected chi connectivity index (χ3v) is 5.77. The number of anilines is 4. The highest BCUT2D eigenvalue weighted by molar-refractivity contribution is 6.04. The highest BCUT2D eigenvalue weighted by atomic mass is 16.1. The topological polar surface area (TPSA) is 73.4 Å². The number of amides is 1.